The van der Waals surface area contributed by atoms with E-state index in [2.05, 4.69) is 10.2 Å². The van der Waals surface area contributed by atoms with Gasteiger partial charge in [-0.3, -0.25) is 9.69 Å². The van der Waals surface area contributed by atoms with Crippen LogP contribution in [0.4, 0.5) is 0 Å². The maximum absolute atomic E-state index is 11.9. The van der Waals surface area contributed by atoms with Crippen LogP contribution in [0.1, 0.15) is 0 Å². The molecule has 1 aliphatic rings. The average Bonchev–Trinajstić information content (AvgIpc) is 2.96. The lowest BCUT2D eigenvalue weighted by Crippen LogP contribution is -2.42. The van der Waals surface area contributed by atoms with Crippen molar-refractivity contribution in [2.45, 2.75) is 0 Å². The van der Waals surface area contributed by atoms with Gasteiger partial charge in [0.1, 0.15) is 5.75 Å². The predicted octanol–water partition coefficient (Wildman–Crippen LogP) is 1.01. The van der Waals surface area contributed by atoms with Gasteiger partial charge in [-0.2, -0.15) is 0 Å². The van der Waals surface area contributed by atoms with Gasteiger partial charge in [-0.05, 0) is 18.2 Å². The Bertz CT molecular complexity index is 662. The molecule has 2 heterocycles. The molecule has 0 aliphatic carbocycles. The van der Waals surface area contributed by atoms with Crippen LogP contribution in [0.2, 0.25) is 0 Å². The van der Waals surface area contributed by atoms with Crippen molar-refractivity contribution in [1.29, 1.82) is 0 Å². The number of ether oxygens (including phenoxy) is 2. The largest absolute Gasteiger partial charge is 0.483 e. The number of nitrogens with zero attached hydrogens (tertiary/aromatic N) is 2. The first-order valence-corrected chi connectivity index (χ1v) is 7.98. The van der Waals surface area contributed by atoms with Crippen LogP contribution in [0.3, 0.4) is 0 Å². The molecule has 1 amide bonds. The van der Waals surface area contributed by atoms with Gasteiger partial charge in [0.2, 0.25) is 0 Å². The molecule has 2 aromatic rings. The molecule has 1 aromatic carbocycles. The van der Waals surface area contributed by atoms with Crippen LogP contribution in [-0.2, 0) is 16.6 Å². The van der Waals surface area contributed by atoms with Crippen LogP contribution in [0.25, 0.3) is 10.9 Å². The fraction of sp³-hybridized carbons (Fsp3) is 0.471. The van der Waals surface area contributed by atoms with Crippen LogP contribution < -0.4 is 10.1 Å². The molecule has 1 saturated heterocycles. The molecule has 0 saturated carbocycles. The Morgan fingerprint density at radius 2 is 2.13 bits per heavy atom. The lowest BCUT2D eigenvalue weighted by atomic mass is 10.2. The highest BCUT2D eigenvalue weighted by Crippen LogP contribution is 2.25. The number of amides is 1. The minimum Gasteiger partial charge on any atom is -0.483 e. The summed E-state index contributed by atoms with van der Waals surface area (Å²) in [6.45, 7) is 4.94. The molecular formula is C17H23N3O3. The number of aromatic nitrogens is 1. The van der Waals surface area contributed by atoms with E-state index < -0.39 is 0 Å². The summed E-state index contributed by atoms with van der Waals surface area (Å²) >= 11 is 0. The second-order valence-electron chi connectivity index (χ2n) is 5.71. The molecule has 1 fully saturated rings. The van der Waals surface area contributed by atoms with Gasteiger partial charge >= 0.3 is 0 Å². The van der Waals surface area contributed by atoms with E-state index >= 15 is 0 Å². The van der Waals surface area contributed by atoms with E-state index in [9.17, 15) is 4.79 Å². The van der Waals surface area contributed by atoms with E-state index in [0.717, 1.165) is 49.5 Å². The Kier molecular flexibility index (Phi) is 5.15. The van der Waals surface area contributed by atoms with E-state index in [1.165, 1.54) is 0 Å². The fourth-order valence-electron chi connectivity index (χ4n) is 2.77. The van der Waals surface area contributed by atoms with Crippen LogP contribution in [0.15, 0.2) is 30.5 Å². The summed E-state index contributed by atoms with van der Waals surface area (Å²) in [6, 6.07) is 7.86. The van der Waals surface area contributed by atoms with Crippen LogP contribution >= 0.6 is 0 Å². The molecule has 0 bridgehead atoms. The highest BCUT2D eigenvalue weighted by Gasteiger charge is 2.11. The molecule has 0 unspecified atom stereocenters. The third kappa shape index (κ3) is 4.03. The number of carbonyl (C=O) groups excluding carboxylic acids is 1. The van der Waals surface area contributed by atoms with Gasteiger partial charge in [0, 0.05) is 44.8 Å². The third-order valence-electron chi connectivity index (χ3n) is 4.10. The van der Waals surface area contributed by atoms with E-state index in [4.69, 9.17) is 9.47 Å². The summed E-state index contributed by atoms with van der Waals surface area (Å²) in [6.07, 6.45) is 1.99. The summed E-state index contributed by atoms with van der Waals surface area (Å²) in [5.74, 6) is 0.651. The number of nitrogens with one attached hydrogen (secondary N) is 1. The normalized spacial score (nSPS) is 15.7. The molecular weight excluding hydrogens is 294 g/mol. The Morgan fingerprint density at radius 3 is 2.96 bits per heavy atom. The zero-order valence-corrected chi connectivity index (χ0v) is 13.5. The summed E-state index contributed by atoms with van der Waals surface area (Å²) in [4.78, 5) is 14.2. The third-order valence-corrected chi connectivity index (χ3v) is 4.10. The molecule has 1 aliphatic heterocycles. The highest BCUT2D eigenvalue weighted by molar-refractivity contribution is 5.87. The second kappa shape index (κ2) is 7.48. The molecule has 0 spiro atoms. The van der Waals surface area contributed by atoms with E-state index in [1.807, 2.05) is 42.1 Å². The van der Waals surface area contributed by atoms with Gasteiger partial charge in [-0.1, -0.05) is 6.07 Å². The van der Waals surface area contributed by atoms with Crippen molar-refractivity contribution in [1.82, 2.24) is 14.8 Å². The van der Waals surface area contributed by atoms with Gasteiger partial charge < -0.3 is 19.4 Å². The maximum Gasteiger partial charge on any atom is 0.257 e. The molecule has 124 valence electrons. The predicted molar refractivity (Wildman–Crippen MR) is 88.7 cm³/mol. The summed E-state index contributed by atoms with van der Waals surface area (Å²) in [7, 11) is 1.99. The van der Waals surface area contributed by atoms with Crippen LogP contribution in [0.5, 0.6) is 5.75 Å². The quantitative estimate of drug-likeness (QED) is 0.864. The first kappa shape index (κ1) is 15.8. The topological polar surface area (TPSA) is 55.7 Å². The monoisotopic (exact) mass is 317 g/mol. The molecule has 0 atom stereocenters. The van der Waals surface area contributed by atoms with Crippen LogP contribution in [-0.4, -0.2) is 61.4 Å². The van der Waals surface area contributed by atoms with Crippen molar-refractivity contribution in [3.63, 3.8) is 0 Å². The SMILES string of the molecule is Cn1ccc2c(OCC(=O)NCCN3CCOCC3)cccc21. The second-order valence-corrected chi connectivity index (χ2v) is 5.71. The zero-order valence-electron chi connectivity index (χ0n) is 13.5. The Labute approximate surface area is 136 Å². The minimum absolute atomic E-state index is 0.0388. The van der Waals surface area contributed by atoms with Gasteiger partial charge in [-0.15, -0.1) is 0 Å². The van der Waals surface area contributed by atoms with Crippen molar-refractivity contribution < 1.29 is 14.3 Å². The van der Waals surface area contributed by atoms with Gasteiger partial charge in [-0.25, -0.2) is 0 Å². The number of rotatable bonds is 6. The first-order valence-electron chi connectivity index (χ1n) is 7.98. The zero-order chi connectivity index (χ0) is 16.1. The van der Waals surface area contributed by atoms with Crippen molar-refractivity contribution >= 4 is 16.8 Å². The van der Waals surface area contributed by atoms with Crippen molar-refractivity contribution in [3.05, 3.63) is 30.5 Å². The van der Waals surface area contributed by atoms with E-state index in [1.54, 1.807) is 0 Å². The fourth-order valence-corrected chi connectivity index (χ4v) is 2.77. The van der Waals surface area contributed by atoms with Crippen molar-refractivity contribution in [2.75, 3.05) is 46.0 Å². The summed E-state index contributed by atoms with van der Waals surface area (Å²) in [5.41, 5.74) is 1.09. The molecule has 23 heavy (non-hydrogen) atoms. The number of hydrogen-bond donors (Lipinski definition) is 1. The molecule has 6 heteroatoms. The smallest absolute Gasteiger partial charge is 0.257 e. The Balaban J connectivity index is 1.44. The maximum atomic E-state index is 11.9. The van der Waals surface area contributed by atoms with Crippen LogP contribution in [0, 0.1) is 0 Å². The summed E-state index contributed by atoms with van der Waals surface area (Å²) < 4.78 is 13.0. The standard InChI is InChI=1S/C17H23N3O3/c1-19-7-5-14-15(19)3-2-4-16(14)23-13-17(21)18-6-8-20-9-11-22-12-10-20/h2-5,7H,6,8-13H2,1H3,(H,18,21). The van der Waals surface area contributed by atoms with E-state index in [0.29, 0.717) is 6.54 Å². The lowest BCUT2D eigenvalue weighted by molar-refractivity contribution is -0.123. The number of fused-ring (bicyclic) bond motifs is 1. The lowest BCUT2D eigenvalue weighted by Gasteiger charge is -2.26. The molecule has 1 aromatic heterocycles. The Hall–Kier alpha value is -2.05. The number of carbonyl (C=O) groups is 1. The minimum atomic E-state index is -0.0915. The molecule has 3 rings (SSSR count). The van der Waals surface area contributed by atoms with Gasteiger partial charge in [0.05, 0.1) is 18.7 Å². The molecule has 1 N–H and O–H groups in total. The summed E-state index contributed by atoms with van der Waals surface area (Å²) in [5, 5.41) is 3.93. The van der Waals surface area contributed by atoms with Crippen molar-refractivity contribution in [2.24, 2.45) is 7.05 Å². The molecule has 0 radical (unpaired) electrons. The number of hydrogen-bond acceptors (Lipinski definition) is 4. The number of aryl methyl sites for hydroxylation is 1. The number of morpholine rings is 1. The van der Waals surface area contributed by atoms with Crippen molar-refractivity contribution in [3.8, 4) is 5.75 Å². The van der Waals surface area contributed by atoms with Gasteiger partial charge in [0.25, 0.3) is 5.91 Å². The average molecular weight is 317 g/mol. The molecule has 6 nitrogen and oxygen atoms in total. The number of benzene rings is 1. The van der Waals surface area contributed by atoms with E-state index in [-0.39, 0.29) is 12.5 Å². The first-order chi connectivity index (χ1) is 11.2. The van der Waals surface area contributed by atoms with Gasteiger partial charge in [0.15, 0.2) is 6.61 Å². The highest BCUT2D eigenvalue weighted by atomic mass is 16.5. The Morgan fingerprint density at radius 1 is 1.30 bits per heavy atom.